The number of nitrogens with zero attached hydrogens (tertiary/aromatic N) is 1. The van der Waals surface area contributed by atoms with Gasteiger partial charge in [0.15, 0.2) is 0 Å². The maximum Gasteiger partial charge on any atom is 0.266 e. The third-order valence-corrected chi connectivity index (χ3v) is 2.62. The molecule has 0 spiro atoms. The Morgan fingerprint density at radius 3 is 2.73 bits per heavy atom. The van der Waals surface area contributed by atoms with Gasteiger partial charge in [-0.3, -0.25) is 0 Å². The van der Waals surface area contributed by atoms with Crippen molar-refractivity contribution in [1.82, 2.24) is 4.57 Å². The number of rotatable bonds is 3. The van der Waals surface area contributed by atoms with Gasteiger partial charge in [-0.25, -0.2) is 4.18 Å². The van der Waals surface area contributed by atoms with Gasteiger partial charge >= 0.3 is 0 Å². The lowest BCUT2D eigenvalue weighted by Crippen LogP contribution is -2.07. The lowest BCUT2D eigenvalue weighted by Gasteiger charge is -2.04. The van der Waals surface area contributed by atoms with Crippen LogP contribution in [-0.2, 0) is 21.0 Å². The highest BCUT2D eigenvalue weighted by molar-refractivity contribution is 7.85. The SMILES string of the molecule is CS(=O)(=O)OCn1ccc2ccccc21. The molecule has 5 heteroatoms. The van der Waals surface area contributed by atoms with Crippen molar-refractivity contribution in [2.45, 2.75) is 6.73 Å². The lowest BCUT2D eigenvalue weighted by atomic mass is 10.2. The highest BCUT2D eigenvalue weighted by atomic mass is 32.2. The average Bonchev–Trinajstić information content (AvgIpc) is 2.57. The normalized spacial score (nSPS) is 12.1. The van der Waals surface area contributed by atoms with E-state index in [1.807, 2.05) is 30.3 Å². The number of benzene rings is 1. The Morgan fingerprint density at radius 2 is 2.00 bits per heavy atom. The van der Waals surface area contributed by atoms with Gasteiger partial charge < -0.3 is 4.57 Å². The molecule has 80 valence electrons. The Labute approximate surface area is 88.2 Å². The number of para-hydroxylation sites is 1. The molecule has 4 nitrogen and oxygen atoms in total. The predicted molar refractivity (Wildman–Crippen MR) is 57.9 cm³/mol. The van der Waals surface area contributed by atoms with Gasteiger partial charge in [-0.15, -0.1) is 0 Å². The molecule has 0 unspecified atom stereocenters. The second-order valence-corrected chi connectivity index (χ2v) is 4.94. The van der Waals surface area contributed by atoms with Crippen LogP contribution in [0.5, 0.6) is 0 Å². The van der Waals surface area contributed by atoms with Crippen molar-refractivity contribution in [2.75, 3.05) is 6.26 Å². The van der Waals surface area contributed by atoms with Crippen molar-refractivity contribution >= 4 is 21.0 Å². The van der Waals surface area contributed by atoms with E-state index in [2.05, 4.69) is 0 Å². The Kier molecular flexibility index (Phi) is 2.50. The Hall–Kier alpha value is -1.33. The van der Waals surface area contributed by atoms with Gasteiger partial charge in [0.2, 0.25) is 0 Å². The number of hydrogen-bond donors (Lipinski definition) is 0. The molecule has 2 rings (SSSR count). The van der Waals surface area contributed by atoms with Crippen molar-refractivity contribution in [3.8, 4) is 0 Å². The molecule has 0 N–H and O–H groups in total. The van der Waals surface area contributed by atoms with Crippen molar-refractivity contribution in [2.24, 2.45) is 0 Å². The molecule has 1 heterocycles. The second kappa shape index (κ2) is 3.67. The molecule has 0 saturated heterocycles. The lowest BCUT2D eigenvalue weighted by molar-refractivity contribution is 0.250. The minimum Gasteiger partial charge on any atom is -0.322 e. The van der Waals surface area contributed by atoms with Crippen LogP contribution in [-0.4, -0.2) is 19.2 Å². The molecule has 0 aliphatic rings. The maximum atomic E-state index is 10.8. The first-order chi connectivity index (χ1) is 7.06. The summed E-state index contributed by atoms with van der Waals surface area (Å²) in [5.41, 5.74) is 0.959. The van der Waals surface area contributed by atoms with Gasteiger partial charge in [-0.05, 0) is 17.5 Å². The Balaban J connectivity index is 2.29. The average molecular weight is 225 g/mol. The molecule has 2 aromatic rings. The highest BCUT2D eigenvalue weighted by Crippen LogP contribution is 2.15. The van der Waals surface area contributed by atoms with Crippen molar-refractivity contribution in [3.05, 3.63) is 36.5 Å². The first-order valence-corrected chi connectivity index (χ1v) is 6.26. The molecular weight excluding hydrogens is 214 g/mol. The van der Waals surface area contributed by atoms with Crippen LogP contribution in [0.1, 0.15) is 0 Å². The van der Waals surface area contributed by atoms with E-state index in [1.54, 1.807) is 10.8 Å². The van der Waals surface area contributed by atoms with Crippen LogP contribution in [0, 0.1) is 0 Å². The molecule has 1 aromatic carbocycles. The minimum absolute atomic E-state index is 0.0202. The van der Waals surface area contributed by atoms with Crippen LogP contribution >= 0.6 is 0 Å². The van der Waals surface area contributed by atoms with Crippen molar-refractivity contribution < 1.29 is 12.6 Å². The van der Waals surface area contributed by atoms with Gasteiger partial charge in [0.25, 0.3) is 10.1 Å². The fraction of sp³-hybridized carbons (Fsp3) is 0.200. The van der Waals surface area contributed by atoms with E-state index in [0.29, 0.717) is 0 Å². The zero-order chi connectivity index (χ0) is 10.9. The van der Waals surface area contributed by atoms with E-state index in [9.17, 15) is 8.42 Å². The quantitative estimate of drug-likeness (QED) is 0.745. The fourth-order valence-corrected chi connectivity index (χ4v) is 1.71. The summed E-state index contributed by atoms with van der Waals surface area (Å²) in [7, 11) is -3.39. The first kappa shape index (κ1) is 10.2. The number of fused-ring (bicyclic) bond motifs is 1. The first-order valence-electron chi connectivity index (χ1n) is 4.44. The Bertz CT molecular complexity index is 571. The van der Waals surface area contributed by atoms with E-state index >= 15 is 0 Å². The monoisotopic (exact) mass is 225 g/mol. The summed E-state index contributed by atoms with van der Waals surface area (Å²) in [6.07, 6.45) is 2.84. The standard InChI is InChI=1S/C10H11NO3S/c1-15(12,13)14-8-11-7-6-9-4-2-3-5-10(9)11/h2-7H,8H2,1H3. The van der Waals surface area contributed by atoms with E-state index in [-0.39, 0.29) is 6.73 Å². The topological polar surface area (TPSA) is 48.3 Å². The van der Waals surface area contributed by atoms with Crippen molar-refractivity contribution in [1.29, 1.82) is 0 Å². The van der Waals surface area contributed by atoms with Gasteiger partial charge in [-0.1, -0.05) is 18.2 Å². The molecule has 0 aliphatic heterocycles. The van der Waals surface area contributed by atoms with E-state index < -0.39 is 10.1 Å². The minimum atomic E-state index is -3.39. The van der Waals surface area contributed by atoms with Crippen LogP contribution in [0.3, 0.4) is 0 Å². The second-order valence-electron chi connectivity index (χ2n) is 3.30. The largest absolute Gasteiger partial charge is 0.322 e. The summed E-state index contributed by atoms with van der Waals surface area (Å²) < 4.78 is 28.1. The zero-order valence-corrected chi connectivity index (χ0v) is 9.07. The van der Waals surface area contributed by atoms with E-state index in [0.717, 1.165) is 17.2 Å². The van der Waals surface area contributed by atoms with Gasteiger partial charge in [0.1, 0.15) is 6.73 Å². The summed E-state index contributed by atoms with van der Waals surface area (Å²) in [5, 5.41) is 1.06. The smallest absolute Gasteiger partial charge is 0.266 e. The van der Waals surface area contributed by atoms with Crippen LogP contribution in [0.15, 0.2) is 36.5 Å². The summed E-state index contributed by atoms with van der Waals surface area (Å²) in [6, 6.07) is 9.64. The summed E-state index contributed by atoms with van der Waals surface area (Å²) in [6.45, 7) is 0.0202. The summed E-state index contributed by atoms with van der Waals surface area (Å²) in [5.74, 6) is 0. The molecule has 0 atom stereocenters. The van der Waals surface area contributed by atoms with Crippen LogP contribution < -0.4 is 0 Å². The highest BCUT2D eigenvalue weighted by Gasteiger charge is 2.04. The molecular formula is C10H11NO3S. The summed E-state index contributed by atoms with van der Waals surface area (Å²) in [4.78, 5) is 0. The third-order valence-electron chi connectivity index (χ3n) is 2.09. The van der Waals surface area contributed by atoms with E-state index in [4.69, 9.17) is 4.18 Å². The molecule has 0 bridgehead atoms. The Morgan fingerprint density at radius 1 is 1.27 bits per heavy atom. The zero-order valence-electron chi connectivity index (χ0n) is 8.25. The molecule has 0 amide bonds. The number of aromatic nitrogens is 1. The molecule has 1 aromatic heterocycles. The predicted octanol–water partition coefficient (Wildman–Crippen LogP) is 1.57. The molecule has 0 radical (unpaired) electrons. The van der Waals surface area contributed by atoms with Crippen LogP contribution in [0.25, 0.3) is 10.9 Å². The van der Waals surface area contributed by atoms with Gasteiger partial charge in [-0.2, -0.15) is 8.42 Å². The fourth-order valence-electron chi connectivity index (χ4n) is 1.41. The summed E-state index contributed by atoms with van der Waals surface area (Å²) >= 11 is 0. The van der Waals surface area contributed by atoms with Gasteiger partial charge in [0, 0.05) is 6.20 Å². The molecule has 0 aliphatic carbocycles. The number of hydrogen-bond acceptors (Lipinski definition) is 3. The van der Waals surface area contributed by atoms with E-state index in [1.165, 1.54) is 0 Å². The maximum absolute atomic E-state index is 10.8. The van der Waals surface area contributed by atoms with Gasteiger partial charge in [0.05, 0.1) is 11.8 Å². The molecule has 0 fully saturated rings. The molecule has 15 heavy (non-hydrogen) atoms. The molecule has 0 saturated carbocycles. The van der Waals surface area contributed by atoms with Crippen LogP contribution in [0.2, 0.25) is 0 Å². The van der Waals surface area contributed by atoms with Crippen LogP contribution in [0.4, 0.5) is 0 Å². The van der Waals surface area contributed by atoms with Crippen molar-refractivity contribution in [3.63, 3.8) is 0 Å². The third kappa shape index (κ3) is 2.37.